The van der Waals surface area contributed by atoms with Crippen molar-refractivity contribution < 1.29 is 9.53 Å². The molecule has 0 fully saturated rings. The number of ether oxygens (including phenoxy) is 1. The van der Waals surface area contributed by atoms with Crippen LogP contribution in [-0.4, -0.2) is 18.0 Å². The largest absolute Gasteiger partial charge is 0.496 e. The Balaban J connectivity index is 1.81. The lowest BCUT2D eigenvalue weighted by Gasteiger charge is -2.07. The van der Waals surface area contributed by atoms with Crippen LogP contribution < -0.4 is 10.1 Å². The maximum atomic E-state index is 11.9. The second kappa shape index (κ2) is 7.94. The summed E-state index contributed by atoms with van der Waals surface area (Å²) >= 11 is 3.45. The molecule has 4 nitrogen and oxygen atoms in total. The highest BCUT2D eigenvalue weighted by atomic mass is 79.9. The Morgan fingerprint density at radius 2 is 2.14 bits per heavy atom. The molecule has 0 unspecified atom stereocenters. The Morgan fingerprint density at radius 1 is 1.32 bits per heavy atom. The van der Waals surface area contributed by atoms with E-state index in [1.165, 1.54) is 0 Å². The van der Waals surface area contributed by atoms with E-state index in [0.717, 1.165) is 27.2 Å². The van der Waals surface area contributed by atoms with E-state index in [1.54, 1.807) is 7.11 Å². The molecule has 0 saturated heterocycles. The first kappa shape index (κ1) is 16.5. The van der Waals surface area contributed by atoms with Crippen LogP contribution in [0.2, 0.25) is 0 Å². The zero-order valence-electron chi connectivity index (χ0n) is 12.7. The molecule has 1 amide bonds. The third-order valence-electron chi connectivity index (χ3n) is 3.27. The summed E-state index contributed by atoms with van der Waals surface area (Å²) in [6.45, 7) is 2.40. The molecule has 0 aliphatic carbocycles. The number of carbonyl (C=O) groups is 1. The van der Waals surface area contributed by atoms with Crippen molar-refractivity contribution in [2.75, 3.05) is 7.11 Å². The molecular formula is C17H19BrN2O2. The topological polar surface area (TPSA) is 51.2 Å². The number of aryl methyl sites for hydroxylation is 2. The molecule has 1 aromatic heterocycles. The van der Waals surface area contributed by atoms with Gasteiger partial charge in [0.25, 0.3) is 0 Å². The Bertz CT molecular complexity index is 659. The van der Waals surface area contributed by atoms with Gasteiger partial charge in [0, 0.05) is 12.1 Å². The number of methoxy groups -OCH3 is 1. The standard InChI is InChI=1S/C17H19BrN2O2/c1-12-4-3-5-14(20-12)11-19-17(21)9-7-13-6-8-16(22-2)15(18)10-13/h3-6,8,10H,7,9,11H2,1-2H3,(H,19,21). The third-order valence-corrected chi connectivity index (χ3v) is 3.89. The Kier molecular flexibility index (Phi) is 5.95. The van der Waals surface area contributed by atoms with E-state index < -0.39 is 0 Å². The first-order chi connectivity index (χ1) is 10.6. The molecule has 0 aliphatic rings. The average Bonchev–Trinajstić information content (AvgIpc) is 2.51. The molecule has 0 spiro atoms. The quantitative estimate of drug-likeness (QED) is 0.856. The summed E-state index contributed by atoms with van der Waals surface area (Å²) in [6, 6.07) is 11.6. The van der Waals surface area contributed by atoms with E-state index in [0.29, 0.717) is 19.4 Å². The van der Waals surface area contributed by atoms with Gasteiger partial charge < -0.3 is 10.1 Å². The number of aromatic nitrogens is 1. The van der Waals surface area contributed by atoms with E-state index in [-0.39, 0.29) is 5.91 Å². The number of carbonyl (C=O) groups excluding carboxylic acids is 1. The molecular weight excluding hydrogens is 344 g/mol. The number of nitrogens with zero attached hydrogens (tertiary/aromatic N) is 1. The fourth-order valence-electron chi connectivity index (χ4n) is 2.10. The van der Waals surface area contributed by atoms with Crippen LogP contribution in [0.1, 0.15) is 23.4 Å². The molecule has 2 rings (SSSR count). The Hall–Kier alpha value is -1.88. The van der Waals surface area contributed by atoms with Crippen molar-refractivity contribution in [1.29, 1.82) is 0 Å². The molecule has 0 saturated carbocycles. The van der Waals surface area contributed by atoms with E-state index in [1.807, 2.05) is 43.3 Å². The molecule has 22 heavy (non-hydrogen) atoms. The van der Waals surface area contributed by atoms with Gasteiger partial charge >= 0.3 is 0 Å². The summed E-state index contributed by atoms with van der Waals surface area (Å²) in [6.07, 6.45) is 1.14. The maximum absolute atomic E-state index is 11.9. The lowest BCUT2D eigenvalue weighted by atomic mass is 10.1. The normalized spacial score (nSPS) is 10.3. The van der Waals surface area contributed by atoms with Gasteiger partial charge in [-0.15, -0.1) is 0 Å². The molecule has 2 aromatic rings. The van der Waals surface area contributed by atoms with E-state index in [9.17, 15) is 4.79 Å². The van der Waals surface area contributed by atoms with Crippen molar-refractivity contribution in [3.05, 3.63) is 57.8 Å². The van der Waals surface area contributed by atoms with Crippen molar-refractivity contribution >= 4 is 21.8 Å². The number of halogens is 1. The fraction of sp³-hybridized carbons (Fsp3) is 0.294. The number of hydrogen-bond acceptors (Lipinski definition) is 3. The average molecular weight is 363 g/mol. The monoisotopic (exact) mass is 362 g/mol. The number of pyridine rings is 1. The van der Waals surface area contributed by atoms with Gasteiger partial charge in [-0.2, -0.15) is 0 Å². The minimum absolute atomic E-state index is 0.0234. The number of rotatable bonds is 6. The first-order valence-corrected chi connectivity index (χ1v) is 7.89. The number of hydrogen-bond donors (Lipinski definition) is 1. The van der Waals surface area contributed by atoms with E-state index >= 15 is 0 Å². The summed E-state index contributed by atoms with van der Waals surface area (Å²) in [7, 11) is 1.63. The van der Waals surface area contributed by atoms with E-state index in [4.69, 9.17) is 4.74 Å². The molecule has 0 atom stereocenters. The van der Waals surface area contributed by atoms with Gasteiger partial charge in [-0.1, -0.05) is 12.1 Å². The molecule has 116 valence electrons. The van der Waals surface area contributed by atoms with Gasteiger partial charge in [-0.25, -0.2) is 0 Å². The summed E-state index contributed by atoms with van der Waals surface area (Å²) in [5, 5.41) is 2.90. The molecule has 1 N–H and O–H groups in total. The fourth-order valence-corrected chi connectivity index (χ4v) is 2.69. The van der Waals surface area contributed by atoms with Crippen LogP contribution in [0.3, 0.4) is 0 Å². The predicted molar refractivity (Wildman–Crippen MR) is 89.8 cm³/mol. The van der Waals surface area contributed by atoms with Gasteiger partial charge in [-0.05, 0) is 59.1 Å². The molecule has 5 heteroatoms. The van der Waals surface area contributed by atoms with Crippen molar-refractivity contribution in [3.8, 4) is 5.75 Å². The van der Waals surface area contributed by atoms with Crippen LogP contribution in [0.15, 0.2) is 40.9 Å². The highest BCUT2D eigenvalue weighted by molar-refractivity contribution is 9.10. The SMILES string of the molecule is COc1ccc(CCC(=O)NCc2cccc(C)n2)cc1Br. The summed E-state index contributed by atoms with van der Waals surface area (Å²) in [4.78, 5) is 16.3. The Labute approximate surface area is 139 Å². The minimum atomic E-state index is 0.0234. The molecule has 0 radical (unpaired) electrons. The molecule has 0 bridgehead atoms. The second-order valence-corrected chi connectivity index (χ2v) is 5.87. The predicted octanol–water partition coefficient (Wildman–Crippen LogP) is 3.41. The number of nitrogens with one attached hydrogen (secondary N) is 1. The van der Waals surface area contributed by atoms with Crippen LogP contribution in [0.4, 0.5) is 0 Å². The van der Waals surface area contributed by atoms with Gasteiger partial charge in [-0.3, -0.25) is 9.78 Å². The number of amides is 1. The lowest BCUT2D eigenvalue weighted by Crippen LogP contribution is -2.23. The summed E-state index contributed by atoms with van der Waals surface area (Å²) < 4.78 is 6.09. The van der Waals surface area contributed by atoms with Gasteiger partial charge in [0.2, 0.25) is 5.91 Å². The first-order valence-electron chi connectivity index (χ1n) is 7.10. The van der Waals surface area contributed by atoms with Crippen LogP contribution in [-0.2, 0) is 17.8 Å². The molecule has 1 aromatic carbocycles. The van der Waals surface area contributed by atoms with Crippen LogP contribution in [0.25, 0.3) is 0 Å². The van der Waals surface area contributed by atoms with Crippen molar-refractivity contribution in [2.24, 2.45) is 0 Å². The molecule has 1 heterocycles. The maximum Gasteiger partial charge on any atom is 0.220 e. The van der Waals surface area contributed by atoms with Crippen molar-refractivity contribution in [2.45, 2.75) is 26.3 Å². The van der Waals surface area contributed by atoms with Gasteiger partial charge in [0.15, 0.2) is 0 Å². The van der Waals surface area contributed by atoms with Crippen LogP contribution in [0, 0.1) is 6.92 Å². The van der Waals surface area contributed by atoms with Gasteiger partial charge in [0.05, 0.1) is 23.8 Å². The zero-order chi connectivity index (χ0) is 15.9. The molecule has 0 aliphatic heterocycles. The Morgan fingerprint density at radius 3 is 2.82 bits per heavy atom. The highest BCUT2D eigenvalue weighted by Gasteiger charge is 2.05. The van der Waals surface area contributed by atoms with Crippen molar-refractivity contribution in [3.63, 3.8) is 0 Å². The summed E-state index contributed by atoms with van der Waals surface area (Å²) in [5.41, 5.74) is 2.92. The number of benzene rings is 1. The highest BCUT2D eigenvalue weighted by Crippen LogP contribution is 2.25. The minimum Gasteiger partial charge on any atom is -0.496 e. The summed E-state index contributed by atoms with van der Waals surface area (Å²) in [5.74, 6) is 0.814. The zero-order valence-corrected chi connectivity index (χ0v) is 14.3. The van der Waals surface area contributed by atoms with Crippen molar-refractivity contribution in [1.82, 2.24) is 10.3 Å². The lowest BCUT2D eigenvalue weighted by molar-refractivity contribution is -0.121. The smallest absolute Gasteiger partial charge is 0.220 e. The van der Waals surface area contributed by atoms with Crippen LogP contribution in [0.5, 0.6) is 5.75 Å². The third kappa shape index (κ3) is 4.84. The van der Waals surface area contributed by atoms with Gasteiger partial charge in [0.1, 0.15) is 5.75 Å². The van der Waals surface area contributed by atoms with Crippen LogP contribution >= 0.6 is 15.9 Å². The second-order valence-electron chi connectivity index (χ2n) is 5.02. The van der Waals surface area contributed by atoms with E-state index in [2.05, 4.69) is 26.2 Å².